The van der Waals surface area contributed by atoms with E-state index in [-0.39, 0.29) is 19.1 Å². The first-order chi connectivity index (χ1) is 9.17. The first kappa shape index (κ1) is 18.4. The molecular formula is C14H30N2O3. The molecule has 0 bridgehead atoms. The summed E-state index contributed by atoms with van der Waals surface area (Å²) in [5, 5.41) is 8.89. The fourth-order valence-corrected chi connectivity index (χ4v) is 1.99. The highest BCUT2D eigenvalue weighted by molar-refractivity contribution is 5.81. The molecule has 0 aromatic heterocycles. The number of ether oxygens (including phenoxy) is 1. The summed E-state index contributed by atoms with van der Waals surface area (Å²) in [5.74, 6) is -0.0780. The zero-order chi connectivity index (χ0) is 14.5. The SMILES string of the molecule is CCCCCCCN(CCCO)C(=O)C(N)COC. The van der Waals surface area contributed by atoms with Gasteiger partial charge >= 0.3 is 0 Å². The molecule has 3 N–H and O–H groups in total. The second-order valence-electron chi connectivity index (χ2n) is 4.88. The van der Waals surface area contributed by atoms with Crippen LogP contribution in [0.25, 0.3) is 0 Å². The molecule has 0 spiro atoms. The Balaban J connectivity index is 4.09. The molecule has 1 unspecified atom stereocenters. The molecule has 0 saturated carbocycles. The molecule has 0 aliphatic heterocycles. The highest BCUT2D eigenvalue weighted by Gasteiger charge is 2.20. The molecule has 0 aliphatic rings. The van der Waals surface area contributed by atoms with Gasteiger partial charge in [-0.25, -0.2) is 0 Å². The van der Waals surface area contributed by atoms with Gasteiger partial charge < -0.3 is 20.5 Å². The molecule has 0 heterocycles. The van der Waals surface area contributed by atoms with E-state index in [9.17, 15) is 4.79 Å². The number of rotatable bonds is 12. The van der Waals surface area contributed by atoms with E-state index in [1.165, 1.54) is 26.4 Å². The molecule has 19 heavy (non-hydrogen) atoms. The fourth-order valence-electron chi connectivity index (χ4n) is 1.99. The molecule has 5 heteroatoms. The number of unbranched alkanes of at least 4 members (excludes halogenated alkanes) is 4. The van der Waals surface area contributed by atoms with Crippen LogP contribution in [-0.4, -0.2) is 55.4 Å². The van der Waals surface area contributed by atoms with Gasteiger partial charge in [0.2, 0.25) is 5.91 Å². The van der Waals surface area contributed by atoms with Gasteiger partial charge in [-0.15, -0.1) is 0 Å². The van der Waals surface area contributed by atoms with Crippen molar-refractivity contribution in [3.05, 3.63) is 0 Å². The van der Waals surface area contributed by atoms with Crippen molar-refractivity contribution >= 4 is 5.91 Å². The summed E-state index contributed by atoms with van der Waals surface area (Å²) in [5.41, 5.74) is 5.77. The van der Waals surface area contributed by atoms with E-state index in [1.54, 1.807) is 4.90 Å². The lowest BCUT2D eigenvalue weighted by Gasteiger charge is -2.25. The van der Waals surface area contributed by atoms with Crippen LogP contribution in [0.4, 0.5) is 0 Å². The van der Waals surface area contributed by atoms with Crippen molar-refractivity contribution in [1.29, 1.82) is 0 Å². The predicted molar refractivity (Wildman–Crippen MR) is 76.9 cm³/mol. The van der Waals surface area contributed by atoms with E-state index in [0.29, 0.717) is 13.0 Å². The van der Waals surface area contributed by atoms with Crippen LogP contribution >= 0.6 is 0 Å². The lowest BCUT2D eigenvalue weighted by Crippen LogP contribution is -2.47. The van der Waals surface area contributed by atoms with Gasteiger partial charge in [0.05, 0.1) is 6.61 Å². The maximum atomic E-state index is 12.1. The van der Waals surface area contributed by atoms with Crippen molar-refractivity contribution in [2.75, 3.05) is 33.4 Å². The minimum atomic E-state index is -0.598. The number of hydrogen-bond acceptors (Lipinski definition) is 4. The Hall–Kier alpha value is -0.650. The molecular weight excluding hydrogens is 244 g/mol. The minimum absolute atomic E-state index is 0.0780. The third kappa shape index (κ3) is 8.97. The Bertz CT molecular complexity index is 225. The Kier molecular flexibility index (Phi) is 12.0. The zero-order valence-electron chi connectivity index (χ0n) is 12.4. The average molecular weight is 274 g/mol. The van der Waals surface area contributed by atoms with Crippen LogP contribution in [0, 0.1) is 0 Å². The Morgan fingerprint density at radius 2 is 1.84 bits per heavy atom. The summed E-state index contributed by atoms with van der Waals surface area (Å²) >= 11 is 0. The number of hydrogen-bond donors (Lipinski definition) is 2. The standard InChI is InChI=1S/C14H30N2O3/c1-3-4-5-6-7-9-16(10-8-11-17)14(18)13(15)12-19-2/h13,17H,3-12,15H2,1-2H3. The quantitative estimate of drug-likeness (QED) is 0.523. The Morgan fingerprint density at radius 1 is 1.21 bits per heavy atom. The number of aliphatic hydroxyl groups excluding tert-OH is 1. The number of methoxy groups -OCH3 is 1. The molecule has 114 valence electrons. The van der Waals surface area contributed by atoms with E-state index < -0.39 is 6.04 Å². The topological polar surface area (TPSA) is 75.8 Å². The summed E-state index contributed by atoms with van der Waals surface area (Å²) in [7, 11) is 1.54. The van der Waals surface area contributed by atoms with Crippen LogP contribution in [0.3, 0.4) is 0 Å². The van der Waals surface area contributed by atoms with Crippen LogP contribution in [0.15, 0.2) is 0 Å². The van der Waals surface area contributed by atoms with Gasteiger partial charge in [-0.1, -0.05) is 32.6 Å². The molecule has 0 aliphatic carbocycles. The summed E-state index contributed by atoms with van der Waals surface area (Å²) in [6.45, 7) is 3.81. The number of aliphatic hydroxyl groups is 1. The molecule has 1 atom stereocenters. The maximum Gasteiger partial charge on any atom is 0.241 e. The number of carbonyl (C=O) groups excluding carboxylic acids is 1. The molecule has 0 radical (unpaired) electrons. The lowest BCUT2D eigenvalue weighted by molar-refractivity contribution is -0.134. The zero-order valence-corrected chi connectivity index (χ0v) is 12.4. The normalized spacial score (nSPS) is 12.4. The fraction of sp³-hybridized carbons (Fsp3) is 0.929. The minimum Gasteiger partial charge on any atom is -0.396 e. The van der Waals surface area contributed by atoms with Crippen molar-refractivity contribution < 1.29 is 14.6 Å². The van der Waals surface area contributed by atoms with Crippen molar-refractivity contribution in [2.24, 2.45) is 5.73 Å². The molecule has 0 aromatic rings. The average Bonchev–Trinajstić information content (AvgIpc) is 2.41. The summed E-state index contributed by atoms with van der Waals surface area (Å²) in [6, 6.07) is -0.598. The third-order valence-electron chi connectivity index (χ3n) is 3.09. The van der Waals surface area contributed by atoms with E-state index >= 15 is 0 Å². The Morgan fingerprint density at radius 3 is 2.42 bits per heavy atom. The molecule has 0 saturated heterocycles. The highest BCUT2D eigenvalue weighted by atomic mass is 16.5. The molecule has 0 aromatic carbocycles. The number of carbonyl (C=O) groups is 1. The number of amides is 1. The third-order valence-corrected chi connectivity index (χ3v) is 3.09. The summed E-state index contributed by atoms with van der Waals surface area (Å²) < 4.78 is 4.92. The summed E-state index contributed by atoms with van der Waals surface area (Å²) in [4.78, 5) is 13.9. The molecule has 0 rings (SSSR count). The Labute approximate surface area is 117 Å². The van der Waals surface area contributed by atoms with Crippen molar-refractivity contribution in [3.63, 3.8) is 0 Å². The van der Waals surface area contributed by atoms with Gasteiger partial charge in [-0.3, -0.25) is 4.79 Å². The predicted octanol–water partition coefficient (Wildman–Crippen LogP) is 1.14. The first-order valence-electron chi connectivity index (χ1n) is 7.31. The molecule has 5 nitrogen and oxygen atoms in total. The second kappa shape index (κ2) is 12.4. The van der Waals surface area contributed by atoms with Gasteiger partial charge in [0.25, 0.3) is 0 Å². The van der Waals surface area contributed by atoms with E-state index in [0.717, 1.165) is 19.4 Å². The smallest absolute Gasteiger partial charge is 0.241 e. The van der Waals surface area contributed by atoms with E-state index in [1.807, 2.05) is 0 Å². The number of nitrogens with zero attached hydrogens (tertiary/aromatic N) is 1. The van der Waals surface area contributed by atoms with Crippen LogP contribution in [0.1, 0.15) is 45.4 Å². The first-order valence-corrected chi connectivity index (χ1v) is 7.31. The highest BCUT2D eigenvalue weighted by Crippen LogP contribution is 2.05. The van der Waals surface area contributed by atoms with Crippen LogP contribution in [0.2, 0.25) is 0 Å². The van der Waals surface area contributed by atoms with Crippen LogP contribution < -0.4 is 5.73 Å². The maximum absolute atomic E-state index is 12.1. The van der Waals surface area contributed by atoms with Gasteiger partial charge in [0.15, 0.2) is 0 Å². The van der Waals surface area contributed by atoms with Crippen molar-refractivity contribution in [3.8, 4) is 0 Å². The van der Waals surface area contributed by atoms with Gasteiger partial charge in [0, 0.05) is 26.8 Å². The summed E-state index contributed by atoms with van der Waals surface area (Å²) in [6.07, 6.45) is 6.40. The largest absolute Gasteiger partial charge is 0.396 e. The lowest BCUT2D eigenvalue weighted by atomic mass is 10.1. The molecule has 1 amide bonds. The van der Waals surface area contributed by atoms with Crippen LogP contribution in [-0.2, 0) is 9.53 Å². The second-order valence-corrected chi connectivity index (χ2v) is 4.88. The van der Waals surface area contributed by atoms with Crippen molar-refractivity contribution in [2.45, 2.75) is 51.5 Å². The van der Waals surface area contributed by atoms with Gasteiger partial charge in [0.1, 0.15) is 6.04 Å². The van der Waals surface area contributed by atoms with E-state index in [4.69, 9.17) is 15.6 Å². The van der Waals surface area contributed by atoms with Gasteiger partial charge in [-0.2, -0.15) is 0 Å². The monoisotopic (exact) mass is 274 g/mol. The number of nitrogens with two attached hydrogens (primary N) is 1. The van der Waals surface area contributed by atoms with Gasteiger partial charge in [-0.05, 0) is 12.8 Å². The molecule has 0 fully saturated rings. The van der Waals surface area contributed by atoms with Crippen molar-refractivity contribution in [1.82, 2.24) is 4.90 Å². The van der Waals surface area contributed by atoms with E-state index in [2.05, 4.69) is 6.92 Å². The van der Waals surface area contributed by atoms with Crippen LogP contribution in [0.5, 0.6) is 0 Å².